The van der Waals surface area contributed by atoms with Crippen LogP contribution in [-0.4, -0.2) is 318 Å². The largest absolute Gasteiger partial charge is 0.490 e. The number of amides is 5. The van der Waals surface area contributed by atoms with Crippen LogP contribution in [0.25, 0.3) is 0 Å². The van der Waals surface area contributed by atoms with E-state index >= 15 is 14.4 Å². The molecule has 0 aromatic heterocycles. The van der Waals surface area contributed by atoms with E-state index in [1.165, 1.54) is 28.4 Å². The minimum Gasteiger partial charge on any atom is -0.481 e. The number of hydrogen-bond donors (Lipinski definition) is 10. The summed E-state index contributed by atoms with van der Waals surface area (Å²) in [4.78, 5) is 96.8. The van der Waals surface area contributed by atoms with E-state index in [2.05, 4.69) is 26.6 Å². The van der Waals surface area contributed by atoms with E-state index in [1.54, 1.807) is 83.1 Å². The Balaban J connectivity index is 0.00000163. The fourth-order valence-electron chi connectivity index (χ4n) is 16.8. The van der Waals surface area contributed by atoms with Crippen LogP contribution in [-0.2, 0) is 138 Å². The van der Waals surface area contributed by atoms with Crippen molar-refractivity contribution in [1.29, 1.82) is 0 Å². The highest BCUT2D eigenvalue weighted by molar-refractivity contribution is 5.84. The maximum absolute atomic E-state index is 15.5. The molecule has 12 aliphatic rings. The van der Waals surface area contributed by atoms with Crippen LogP contribution in [0.2, 0.25) is 0 Å². The van der Waals surface area contributed by atoms with Gasteiger partial charge >= 0.3 is 18.1 Å². The van der Waals surface area contributed by atoms with Crippen molar-refractivity contribution in [2.75, 3.05) is 41.5 Å². The van der Waals surface area contributed by atoms with Crippen molar-refractivity contribution < 1.29 is 161 Å². The first kappa shape index (κ1) is 86.0. The summed E-state index contributed by atoms with van der Waals surface area (Å²) >= 11 is 0. The molecule has 0 aromatic rings. The molecule has 110 heavy (non-hydrogen) atoms. The molecule has 626 valence electrons. The molecule has 0 spiro atoms. The van der Waals surface area contributed by atoms with Crippen LogP contribution in [0.5, 0.6) is 0 Å². The standard InChI is InChI=1S/C66H106N8O29.C2HF3O2/c1-61(2)92-45-31(23-67)86-39(47(45)94-61)25(69)17-33(75)70-27(41-49-53(57(82-13)88-41)100-63(5,6)96-49)19-36(78)73-28(42-50-54(58(83-14)89-42)101-64(7,8)97-50)20-35(77)71-26(40-48-46(32(24-68)87-40)93-62(3,4)95-48)18-34(76)72-29(43-51-55(59(84-15)90-43)102-65(9,10)98-51)21-37(79)74-30(22-38(80)81)44-52-56(60(85-16)91-44)103-66(11,12)99-52;3-2(4,5)1(6)7/h25-32,39-60H,17-24,67-69H2,1-16H3,(H,70,75)(H,71,77)(H,72,76)(H,73,78)(H,74,79)(H,80,81);(H,6,7)/t25-,26+,27+,28-,29-,30+,31+,32+,39+,40+,41+,42+,43+,44+,45+,46+,47-,48-,49-,50-,51-,52-,53-,54-,55-,56-,57-,58-,59-,60-;/m0./s1. The summed E-state index contributed by atoms with van der Waals surface area (Å²) in [5, 5.41) is 32.2. The van der Waals surface area contributed by atoms with Gasteiger partial charge in [-0.15, -0.1) is 0 Å². The fourth-order valence-corrected chi connectivity index (χ4v) is 16.8. The van der Waals surface area contributed by atoms with Crippen LogP contribution in [0, 0.1) is 0 Å². The van der Waals surface area contributed by atoms with Gasteiger partial charge in [-0.3, -0.25) is 28.8 Å². The number of carbonyl (C=O) groups is 7. The number of ether oxygens (including phenoxy) is 22. The number of carbonyl (C=O) groups excluding carboxylic acids is 5. The highest BCUT2D eigenvalue weighted by atomic mass is 19.4. The second-order valence-corrected chi connectivity index (χ2v) is 31.9. The highest BCUT2D eigenvalue weighted by Gasteiger charge is 2.65. The maximum Gasteiger partial charge on any atom is 0.490 e. The Labute approximate surface area is 632 Å². The third-order valence-electron chi connectivity index (χ3n) is 20.8. The van der Waals surface area contributed by atoms with Crippen molar-refractivity contribution in [2.45, 2.75) is 346 Å². The summed E-state index contributed by atoms with van der Waals surface area (Å²) in [6, 6.07) is -7.29. The quantitative estimate of drug-likeness (QED) is 0.0382. The zero-order valence-corrected chi connectivity index (χ0v) is 64.1. The number of rotatable bonds is 29. The second kappa shape index (κ2) is 33.0. The molecule has 12 heterocycles. The number of nitrogens with one attached hydrogen (secondary N) is 5. The molecule has 12 fully saturated rings. The van der Waals surface area contributed by atoms with Gasteiger partial charge in [0.25, 0.3) is 0 Å². The molecule has 0 saturated carbocycles. The third kappa shape index (κ3) is 19.1. The number of hydrogen-bond acceptors (Lipinski definition) is 32. The minimum absolute atomic E-state index is 0.0612. The zero-order chi connectivity index (χ0) is 80.6. The lowest BCUT2D eigenvalue weighted by Gasteiger charge is -2.33. The van der Waals surface area contributed by atoms with Crippen LogP contribution in [0.4, 0.5) is 13.2 Å². The van der Waals surface area contributed by atoms with Crippen molar-refractivity contribution in [3.63, 3.8) is 0 Å². The second-order valence-electron chi connectivity index (χ2n) is 31.9. The molecule has 12 saturated heterocycles. The van der Waals surface area contributed by atoms with Gasteiger partial charge in [0.05, 0.1) is 48.8 Å². The molecule has 42 heteroatoms. The first-order valence-electron chi connectivity index (χ1n) is 36.6. The number of methoxy groups -OCH3 is 4. The van der Waals surface area contributed by atoms with Crippen LogP contribution in [0.1, 0.15) is 122 Å². The number of nitrogens with two attached hydrogens (primary N) is 3. The van der Waals surface area contributed by atoms with E-state index in [9.17, 15) is 32.7 Å². The summed E-state index contributed by atoms with van der Waals surface area (Å²) < 4.78 is 168. The van der Waals surface area contributed by atoms with E-state index in [4.69, 9.17) is 131 Å². The van der Waals surface area contributed by atoms with Gasteiger partial charge in [-0.25, -0.2) is 4.79 Å². The Morgan fingerprint density at radius 2 is 0.545 bits per heavy atom. The van der Waals surface area contributed by atoms with E-state index in [-0.39, 0.29) is 19.5 Å². The van der Waals surface area contributed by atoms with Crippen molar-refractivity contribution in [3.05, 3.63) is 0 Å². The van der Waals surface area contributed by atoms with Crippen molar-refractivity contribution in [1.82, 2.24) is 26.6 Å². The topological polar surface area (TPSA) is 501 Å². The predicted octanol–water partition coefficient (Wildman–Crippen LogP) is -2.15. The molecule has 13 N–H and O–H groups in total. The number of fused-ring (bicyclic) bond motifs is 6. The molecule has 5 amide bonds. The van der Waals surface area contributed by atoms with Crippen LogP contribution in [0.3, 0.4) is 0 Å². The maximum atomic E-state index is 15.5. The number of alkyl halides is 3. The molecule has 0 radical (unpaired) electrons. The Kier molecular flexibility index (Phi) is 25.8. The lowest BCUT2D eigenvalue weighted by molar-refractivity contribution is -0.230. The van der Waals surface area contributed by atoms with Crippen LogP contribution >= 0.6 is 0 Å². The molecule has 0 aliphatic carbocycles. The lowest BCUT2D eigenvalue weighted by atomic mass is 9.95. The van der Waals surface area contributed by atoms with Gasteiger partial charge in [-0.05, 0) is 83.1 Å². The molecule has 0 unspecified atom stereocenters. The van der Waals surface area contributed by atoms with Gasteiger partial charge in [0.1, 0.15) is 110 Å². The lowest BCUT2D eigenvalue weighted by Crippen LogP contribution is -2.57. The number of halogens is 3. The first-order valence-corrected chi connectivity index (χ1v) is 36.6. The summed E-state index contributed by atoms with van der Waals surface area (Å²) in [6.07, 6.45) is -30.0. The van der Waals surface area contributed by atoms with E-state index < -0.39 is 298 Å². The average Bonchev–Trinajstić information content (AvgIpc) is 1.64. The SMILES string of the molecule is CO[C@H]1O[C@H]([C@H](CC(=O)N[C@H](CC(=O)O)[C@H]2O[C@H](OC)[C@H]3OC(C)(C)O[C@H]32)NC(=O)C[C@@H](NC(=O)C[C@H](NC(=O)C[C@@H](NC(=O)C[C@H](N)[C@H]2O[C@H](CN)[C@H]3OC(C)(C)O[C@@H]23)[C@H]2O[C@H](OC)[C@H]3OC(C)(C)O[C@H]32)[C@H]2O[C@H](OC)[C@H]3OC(C)(C)O[C@H]32)[C@H]2O[C@H](CN)[C@H]3OC(C)(C)O[C@@H]23)[C@@H]2OC(C)(C)O[C@H]12.O=C(O)C(F)(F)F. The van der Waals surface area contributed by atoms with E-state index in [0.717, 1.165) is 0 Å². The molecular formula is C68H107F3N8O31. The van der Waals surface area contributed by atoms with Crippen molar-refractivity contribution >= 4 is 41.5 Å². The van der Waals surface area contributed by atoms with E-state index in [0.29, 0.717) is 0 Å². The van der Waals surface area contributed by atoms with Crippen molar-refractivity contribution in [3.8, 4) is 0 Å². The van der Waals surface area contributed by atoms with Gasteiger partial charge in [0, 0.05) is 79.7 Å². The van der Waals surface area contributed by atoms with E-state index in [1.807, 2.05) is 0 Å². The molecule has 39 nitrogen and oxygen atoms in total. The monoisotopic (exact) mass is 1590 g/mol. The Morgan fingerprint density at radius 1 is 0.345 bits per heavy atom. The van der Waals surface area contributed by atoms with Gasteiger partial charge < -0.3 is 158 Å². The Morgan fingerprint density at radius 3 is 0.782 bits per heavy atom. The van der Waals surface area contributed by atoms with Gasteiger partial charge in [-0.2, -0.15) is 13.2 Å². The normalized spacial score (nSPS) is 39.7. The smallest absolute Gasteiger partial charge is 0.481 e. The van der Waals surface area contributed by atoms with Crippen LogP contribution in [0.15, 0.2) is 0 Å². The average molecular weight is 1590 g/mol. The predicted molar refractivity (Wildman–Crippen MR) is 358 cm³/mol. The van der Waals surface area contributed by atoms with Gasteiger partial charge in [0.2, 0.25) is 29.5 Å². The third-order valence-corrected chi connectivity index (χ3v) is 20.8. The number of carboxylic acids is 2. The summed E-state index contributed by atoms with van der Waals surface area (Å²) in [5.41, 5.74) is 19.2. The Bertz CT molecular complexity index is 3310. The number of carboxylic acid groups (broad SMARTS) is 2. The molecule has 30 atom stereocenters. The molecule has 0 bridgehead atoms. The highest BCUT2D eigenvalue weighted by Crippen LogP contribution is 2.47. The molecular weight excluding hydrogens is 1480 g/mol. The van der Waals surface area contributed by atoms with Crippen LogP contribution < -0.4 is 43.8 Å². The van der Waals surface area contributed by atoms with Crippen molar-refractivity contribution in [2.24, 2.45) is 17.2 Å². The Hall–Kier alpha value is -4.92. The minimum atomic E-state index is -5.08. The molecule has 12 rings (SSSR count). The summed E-state index contributed by atoms with van der Waals surface area (Å²) in [7, 11) is 5.63. The zero-order valence-electron chi connectivity index (χ0n) is 64.1. The fraction of sp³-hybridized carbons (Fsp3) is 0.897. The first-order chi connectivity index (χ1) is 51.3. The molecule has 12 aliphatic heterocycles. The van der Waals surface area contributed by atoms with Gasteiger partial charge in [-0.1, -0.05) is 0 Å². The summed E-state index contributed by atoms with van der Waals surface area (Å²) in [5.74, 6) is -14.4. The van der Waals surface area contributed by atoms with Gasteiger partial charge in [0.15, 0.2) is 59.9 Å². The number of aliphatic carboxylic acids is 2. The summed E-state index contributed by atoms with van der Waals surface area (Å²) in [6.45, 7) is 20.5. The molecule has 0 aromatic carbocycles.